The Bertz CT molecular complexity index is 517. The molecule has 0 heterocycles. The number of alkyl halides is 1. The summed E-state index contributed by atoms with van der Waals surface area (Å²) in [6.07, 6.45) is 27.5. The zero-order chi connectivity index (χ0) is 21.8. The molecule has 0 aromatic carbocycles. The molecule has 166 valence electrons. The number of hydrogen-bond donors (Lipinski definition) is 1. The normalized spacial score (nSPS) is 14.0. The molecule has 29 heavy (non-hydrogen) atoms. The van der Waals surface area contributed by atoms with Crippen molar-refractivity contribution in [2.75, 3.05) is 13.2 Å². The van der Waals surface area contributed by atoms with Crippen molar-refractivity contribution in [2.24, 2.45) is 11.3 Å². The number of carbonyl (C=O) groups is 1. The maximum absolute atomic E-state index is 12.0. The van der Waals surface area contributed by atoms with E-state index in [0.717, 1.165) is 32.1 Å². The molecule has 1 atom stereocenters. The van der Waals surface area contributed by atoms with Crippen LogP contribution >= 0.6 is 0 Å². The van der Waals surface area contributed by atoms with Crippen LogP contribution in [0.1, 0.15) is 85.5 Å². The lowest BCUT2D eigenvalue weighted by Crippen LogP contribution is -2.30. The highest BCUT2D eigenvalue weighted by Crippen LogP contribution is 2.25. The predicted molar refractivity (Wildman–Crippen MR) is 126 cm³/mol. The van der Waals surface area contributed by atoms with Crippen LogP contribution in [0, 0.1) is 11.3 Å². The summed E-state index contributed by atoms with van der Waals surface area (Å²) in [7, 11) is 0. The van der Waals surface area contributed by atoms with Crippen LogP contribution in [0.2, 0.25) is 0 Å². The molecular formula is C26H44FNO. The number of unbranched alkanes of at least 4 members (excludes halogenated alkanes) is 2. The van der Waals surface area contributed by atoms with Crippen molar-refractivity contribution < 1.29 is 9.18 Å². The first-order chi connectivity index (χ1) is 13.9. The number of amides is 1. The van der Waals surface area contributed by atoms with Gasteiger partial charge in [-0.15, -0.1) is 0 Å². The highest BCUT2D eigenvalue weighted by molar-refractivity contribution is 5.78. The van der Waals surface area contributed by atoms with Crippen LogP contribution in [-0.2, 0) is 4.79 Å². The molecule has 0 fully saturated rings. The van der Waals surface area contributed by atoms with Crippen LogP contribution in [0.4, 0.5) is 4.39 Å². The molecule has 2 nitrogen and oxygen atoms in total. The smallest absolute Gasteiger partial charge is 0.222 e. The van der Waals surface area contributed by atoms with E-state index in [4.69, 9.17) is 0 Å². The molecule has 0 aliphatic heterocycles. The van der Waals surface area contributed by atoms with E-state index in [0.29, 0.717) is 5.41 Å². The highest BCUT2D eigenvalue weighted by Gasteiger charge is 2.12. The molecule has 0 radical (unpaired) electrons. The van der Waals surface area contributed by atoms with Gasteiger partial charge in [0, 0.05) is 12.5 Å². The number of hydrogen-bond acceptors (Lipinski definition) is 1. The van der Waals surface area contributed by atoms with Crippen LogP contribution in [0.25, 0.3) is 0 Å². The Morgan fingerprint density at radius 1 is 0.966 bits per heavy atom. The third kappa shape index (κ3) is 18.1. The quantitative estimate of drug-likeness (QED) is 0.197. The third-order valence-corrected chi connectivity index (χ3v) is 4.92. The fourth-order valence-corrected chi connectivity index (χ4v) is 2.96. The van der Waals surface area contributed by atoms with E-state index in [-0.39, 0.29) is 18.4 Å². The molecule has 0 rings (SSSR count). The molecule has 1 unspecified atom stereocenters. The van der Waals surface area contributed by atoms with Gasteiger partial charge in [0.25, 0.3) is 0 Å². The van der Waals surface area contributed by atoms with Gasteiger partial charge in [-0.2, -0.15) is 0 Å². The topological polar surface area (TPSA) is 29.1 Å². The van der Waals surface area contributed by atoms with E-state index in [1.54, 1.807) is 0 Å². The Kier molecular flexibility index (Phi) is 17.4. The maximum atomic E-state index is 12.0. The average Bonchev–Trinajstić information content (AvgIpc) is 2.69. The van der Waals surface area contributed by atoms with E-state index in [9.17, 15) is 9.18 Å². The number of carbonyl (C=O) groups excluding carboxylic acids is 1. The van der Waals surface area contributed by atoms with E-state index >= 15 is 0 Å². The minimum absolute atomic E-state index is 0.0577. The fourth-order valence-electron chi connectivity index (χ4n) is 2.96. The molecule has 0 saturated carbocycles. The number of nitrogens with one attached hydrogen (secondary N) is 1. The summed E-state index contributed by atoms with van der Waals surface area (Å²) in [4.78, 5) is 11.6. The summed E-state index contributed by atoms with van der Waals surface area (Å²) in [5, 5.41) is 2.58. The predicted octanol–water partition coefficient (Wildman–Crippen LogP) is 7.49. The van der Waals surface area contributed by atoms with Crippen LogP contribution in [0.3, 0.4) is 0 Å². The Hall–Kier alpha value is -1.64. The van der Waals surface area contributed by atoms with Crippen molar-refractivity contribution in [2.45, 2.75) is 85.5 Å². The Morgan fingerprint density at radius 3 is 2.14 bits per heavy atom. The zero-order valence-electron chi connectivity index (χ0n) is 19.3. The van der Waals surface area contributed by atoms with Crippen molar-refractivity contribution in [3.05, 3.63) is 48.6 Å². The lowest BCUT2D eigenvalue weighted by Gasteiger charge is -2.19. The summed E-state index contributed by atoms with van der Waals surface area (Å²) in [6.45, 7) is 8.39. The summed E-state index contributed by atoms with van der Waals surface area (Å²) in [5.74, 6) is -0.125. The van der Waals surface area contributed by atoms with Crippen molar-refractivity contribution in [3.8, 4) is 0 Å². The highest BCUT2D eigenvalue weighted by atomic mass is 19.1. The van der Waals surface area contributed by atoms with Gasteiger partial charge < -0.3 is 5.32 Å². The SMILES string of the molecule is CCCCCC(C)(C)/C=C\C/C=C\C/C=C\C/C=C\CCC(C)C(=O)NCCF. The van der Waals surface area contributed by atoms with Crippen LogP contribution in [-0.4, -0.2) is 19.1 Å². The first-order valence-electron chi connectivity index (χ1n) is 11.4. The van der Waals surface area contributed by atoms with E-state index in [2.05, 4.69) is 74.7 Å². The molecule has 0 bridgehead atoms. The van der Waals surface area contributed by atoms with E-state index < -0.39 is 6.67 Å². The minimum atomic E-state index is -0.506. The number of halogens is 1. The van der Waals surface area contributed by atoms with Gasteiger partial charge in [-0.3, -0.25) is 4.79 Å². The third-order valence-electron chi connectivity index (χ3n) is 4.92. The second-order valence-electron chi connectivity index (χ2n) is 8.43. The molecule has 0 aliphatic carbocycles. The standard InChI is InChI=1S/C26H44FNO/c1-5-6-17-20-26(3,4)21-18-15-13-11-9-7-8-10-12-14-16-19-24(2)25(29)28-23-22-27/h7-8,11-14,18,21,24H,5-6,9-10,15-17,19-20,22-23H2,1-4H3,(H,28,29)/b8-7-,13-11-,14-12-,21-18-. The van der Waals surface area contributed by atoms with Crippen molar-refractivity contribution in [1.29, 1.82) is 0 Å². The molecule has 0 aromatic rings. The summed E-state index contributed by atoms with van der Waals surface area (Å²) in [5.41, 5.74) is 0.311. The lowest BCUT2D eigenvalue weighted by atomic mass is 9.86. The second kappa shape index (κ2) is 18.4. The summed E-state index contributed by atoms with van der Waals surface area (Å²) >= 11 is 0. The summed E-state index contributed by atoms with van der Waals surface area (Å²) in [6, 6.07) is 0. The van der Waals surface area contributed by atoms with Gasteiger partial charge in [0.1, 0.15) is 6.67 Å². The largest absolute Gasteiger partial charge is 0.353 e. The number of rotatable bonds is 17. The first kappa shape index (κ1) is 27.4. The molecule has 0 aromatic heterocycles. The Labute approximate surface area is 179 Å². The molecule has 1 amide bonds. The fraction of sp³-hybridized carbons (Fsp3) is 0.654. The summed E-state index contributed by atoms with van der Waals surface area (Å²) < 4.78 is 12.0. The van der Waals surface area contributed by atoms with Crippen molar-refractivity contribution >= 4 is 5.91 Å². The van der Waals surface area contributed by atoms with Gasteiger partial charge in [0.05, 0.1) is 0 Å². The maximum Gasteiger partial charge on any atom is 0.222 e. The minimum Gasteiger partial charge on any atom is -0.353 e. The van der Waals surface area contributed by atoms with E-state index in [1.807, 2.05) is 6.92 Å². The first-order valence-corrected chi connectivity index (χ1v) is 11.4. The molecule has 1 N–H and O–H groups in total. The van der Waals surface area contributed by atoms with Gasteiger partial charge in [0.2, 0.25) is 5.91 Å². The van der Waals surface area contributed by atoms with Crippen LogP contribution in [0.15, 0.2) is 48.6 Å². The van der Waals surface area contributed by atoms with Gasteiger partial charge in [0.15, 0.2) is 0 Å². The molecule has 0 saturated heterocycles. The average molecular weight is 406 g/mol. The molecule has 0 aliphatic rings. The molecule has 3 heteroatoms. The van der Waals surface area contributed by atoms with Gasteiger partial charge in [-0.25, -0.2) is 4.39 Å². The Morgan fingerprint density at radius 2 is 1.55 bits per heavy atom. The van der Waals surface area contributed by atoms with E-state index in [1.165, 1.54) is 25.7 Å². The second-order valence-corrected chi connectivity index (χ2v) is 8.43. The van der Waals surface area contributed by atoms with Gasteiger partial charge >= 0.3 is 0 Å². The lowest BCUT2D eigenvalue weighted by molar-refractivity contribution is -0.124. The van der Waals surface area contributed by atoms with Crippen LogP contribution < -0.4 is 5.32 Å². The zero-order valence-corrected chi connectivity index (χ0v) is 19.3. The van der Waals surface area contributed by atoms with Crippen molar-refractivity contribution in [1.82, 2.24) is 5.32 Å². The molecule has 0 spiro atoms. The van der Waals surface area contributed by atoms with Crippen LogP contribution in [0.5, 0.6) is 0 Å². The monoisotopic (exact) mass is 405 g/mol. The van der Waals surface area contributed by atoms with Crippen molar-refractivity contribution in [3.63, 3.8) is 0 Å². The Balaban J connectivity index is 3.78. The van der Waals surface area contributed by atoms with Gasteiger partial charge in [-0.1, -0.05) is 95.6 Å². The molecular weight excluding hydrogens is 361 g/mol. The number of allylic oxidation sites excluding steroid dienone is 8. The van der Waals surface area contributed by atoms with Gasteiger partial charge in [-0.05, 0) is 43.9 Å².